The second-order valence-electron chi connectivity index (χ2n) is 5.61. The minimum atomic E-state index is 0.0963. The van der Waals surface area contributed by atoms with Crippen LogP contribution in [0.2, 0.25) is 0 Å². The standard InChI is InChI=1S/C13H22N2OS/c1-8-4-3-5-11(9(8)2)14-13(17)15-12(16)10-6-7-10/h8-11H,3-7H2,1-2H3,(H2,14,15,16,17)/t8-,9+,11-/m0/s1. The minimum Gasteiger partial charge on any atom is -0.359 e. The minimum absolute atomic E-state index is 0.0963. The Morgan fingerprint density at radius 2 is 1.88 bits per heavy atom. The number of carbonyl (C=O) groups excluding carboxylic acids is 1. The summed E-state index contributed by atoms with van der Waals surface area (Å²) < 4.78 is 0. The summed E-state index contributed by atoms with van der Waals surface area (Å²) in [6.45, 7) is 4.57. The second kappa shape index (κ2) is 5.34. The van der Waals surface area contributed by atoms with Crippen molar-refractivity contribution in [2.75, 3.05) is 0 Å². The Balaban J connectivity index is 1.78. The molecule has 0 aromatic carbocycles. The van der Waals surface area contributed by atoms with Crippen LogP contribution in [0, 0.1) is 17.8 Å². The molecule has 0 saturated heterocycles. The van der Waals surface area contributed by atoms with Crippen LogP contribution in [0.15, 0.2) is 0 Å². The van der Waals surface area contributed by atoms with Gasteiger partial charge in [-0.2, -0.15) is 0 Å². The molecule has 3 atom stereocenters. The fraction of sp³-hybridized carbons (Fsp3) is 0.846. The smallest absolute Gasteiger partial charge is 0.229 e. The van der Waals surface area contributed by atoms with E-state index in [4.69, 9.17) is 12.2 Å². The third-order valence-electron chi connectivity index (χ3n) is 4.21. The van der Waals surface area contributed by atoms with Gasteiger partial charge in [-0.05, 0) is 43.3 Å². The zero-order valence-corrected chi connectivity index (χ0v) is 11.5. The van der Waals surface area contributed by atoms with Gasteiger partial charge in [-0.1, -0.05) is 26.7 Å². The lowest BCUT2D eigenvalue weighted by Gasteiger charge is -2.35. The van der Waals surface area contributed by atoms with E-state index in [1.165, 1.54) is 12.8 Å². The average molecular weight is 254 g/mol. The van der Waals surface area contributed by atoms with Crippen LogP contribution in [-0.2, 0) is 4.79 Å². The molecule has 0 aliphatic heterocycles. The van der Waals surface area contributed by atoms with E-state index < -0.39 is 0 Å². The number of hydrogen-bond acceptors (Lipinski definition) is 2. The predicted molar refractivity (Wildman–Crippen MR) is 72.6 cm³/mol. The summed E-state index contributed by atoms with van der Waals surface area (Å²) in [5.74, 6) is 1.68. The number of nitrogens with one attached hydrogen (secondary N) is 2. The Morgan fingerprint density at radius 1 is 1.18 bits per heavy atom. The first-order chi connectivity index (χ1) is 8.08. The molecule has 3 nitrogen and oxygen atoms in total. The van der Waals surface area contributed by atoms with Gasteiger partial charge < -0.3 is 10.6 Å². The molecular weight excluding hydrogens is 232 g/mol. The van der Waals surface area contributed by atoms with Crippen molar-refractivity contribution in [1.82, 2.24) is 10.6 Å². The molecule has 2 aliphatic rings. The van der Waals surface area contributed by atoms with E-state index in [1.807, 2.05) is 0 Å². The van der Waals surface area contributed by atoms with Crippen LogP contribution in [0.1, 0.15) is 46.0 Å². The van der Waals surface area contributed by atoms with Crippen molar-refractivity contribution in [2.24, 2.45) is 17.8 Å². The van der Waals surface area contributed by atoms with Crippen molar-refractivity contribution >= 4 is 23.2 Å². The fourth-order valence-electron chi connectivity index (χ4n) is 2.55. The van der Waals surface area contributed by atoms with Crippen LogP contribution in [-0.4, -0.2) is 17.1 Å². The molecule has 2 aliphatic carbocycles. The van der Waals surface area contributed by atoms with Crippen LogP contribution in [0.5, 0.6) is 0 Å². The van der Waals surface area contributed by atoms with E-state index in [0.717, 1.165) is 25.2 Å². The van der Waals surface area contributed by atoms with Gasteiger partial charge in [0.25, 0.3) is 0 Å². The van der Waals surface area contributed by atoms with E-state index in [2.05, 4.69) is 24.5 Å². The lowest BCUT2D eigenvalue weighted by molar-refractivity contribution is -0.120. The lowest BCUT2D eigenvalue weighted by atomic mass is 9.78. The highest BCUT2D eigenvalue weighted by atomic mass is 32.1. The molecule has 2 N–H and O–H groups in total. The van der Waals surface area contributed by atoms with E-state index in [9.17, 15) is 4.79 Å². The van der Waals surface area contributed by atoms with Crippen molar-refractivity contribution in [3.63, 3.8) is 0 Å². The average Bonchev–Trinajstić information content (AvgIpc) is 3.08. The van der Waals surface area contributed by atoms with Crippen LogP contribution in [0.25, 0.3) is 0 Å². The molecule has 0 aromatic rings. The molecule has 0 aromatic heterocycles. The van der Waals surface area contributed by atoms with Crippen LogP contribution in [0.4, 0.5) is 0 Å². The molecule has 2 fully saturated rings. The first-order valence-corrected chi connectivity index (χ1v) is 7.10. The molecule has 0 unspecified atom stereocenters. The van der Waals surface area contributed by atoms with Crippen LogP contribution >= 0.6 is 12.2 Å². The maximum absolute atomic E-state index is 11.6. The zero-order valence-electron chi connectivity index (χ0n) is 10.7. The molecule has 2 saturated carbocycles. The Hall–Kier alpha value is -0.640. The summed E-state index contributed by atoms with van der Waals surface area (Å²) in [5, 5.41) is 6.64. The molecule has 4 heteroatoms. The van der Waals surface area contributed by atoms with Crippen LogP contribution < -0.4 is 10.6 Å². The predicted octanol–water partition coefficient (Wildman–Crippen LogP) is 2.21. The van der Waals surface area contributed by atoms with E-state index >= 15 is 0 Å². The maximum Gasteiger partial charge on any atom is 0.229 e. The normalized spacial score (nSPS) is 32.9. The highest BCUT2D eigenvalue weighted by Crippen LogP contribution is 2.30. The van der Waals surface area contributed by atoms with Gasteiger partial charge in [0, 0.05) is 12.0 Å². The largest absolute Gasteiger partial charge is 0.359 e. The van der Waals surface area contributed by atoms with Gasteiger partial charge in [0.1, 0.15) is 0 Å². The Morgan fingerprint density at radius 3 is 2.53 bits per heavy atom. The van der Waals surface area contributed by atoms with Gasteiger partial charge in [-0.15, -0.1) is 0 Å². The summed E-state index contributed by atoms with van der Waals surface area (Å²) >= 11 is 5.21. The first kappa shape index (κ1) is 12.8. The SMILES string of the molecule is C[C@H]1[C@@H](NC(=S)NC(=O)C2CC2)CCC[C@@H]1C. The van der Waals surface area contributed by atoms with Crippen LogP contribution in [0.3, 0.4) is 0 Å². The van der Waals surface area contributed by atoms with Gasteiger partial charge in [0.15, 0.2) is 5.11 Å². The van der Waals surface area contributed by atoms with Crippen molar-refractivity contribution in [3.8, 4) is 0 Å². The van der Waals surface area contributed by atoms with Gasteiger partial charge in [-0.25, -0.2) is 0 Å². The maximum atomic E-state index is 11.6. The third kappa shape index (κ3) is 3.41. The Kier molecular flexibility index (Phi) is 4.02. The molecule has 0 radical (unpaired) electrons. The molecule has 96 valence electrons. The molecule has 17 heavy (non-hydrogen) atoms. The molecule has 1 amide bonds. The first-order valence-electron chi connectivity index (χ1n) is 6.69. The third-order valence-corrected chi connectivity index (χ3v) is 4.43. The van der Waals surface area contributed by atoms with E-state index in [1.54, 1.807) is 0 Å². The van der Waals surface area contributed by atoms with Crippen molar-refractivity contribution in [3.05, 3.63) is 0 Å². The molecule has 0 bridgehead atoms. The summed E-state index contributed by atoms with van der Waals surface area (Å²) in [7, 11) is 0. The van der Waals surface area contributed by atoms with Gasteiger partial charge >= 0.3 is 0 Å². The monoisotopic (exact) mass is 254 g/mol. The second-order valence-corrected chi connectivity index (χ2v) is 6.02. The van der Waals surface area contributed by atoms with E-state index in [0.29, 0.717) is 17.1 Å². The highest BCUT2D eigenvalue weighted by molar-refractivity contribution is 7.80. The number of rotatable bonds is 2. The summed E-state index contributed by atoms with van der Waals surface area (Å²) in [5.41, 5.74) is 0. The van der Waals surface area contributed by atoms with Crippen molar-refractivity contribution < 1.29 is 4.79 Å². The molecule has 0 heterocycles. The number of thiocarbonyl (C=S) groups is 1. The summed E-state index contributed by atoms with van der Waals surface area (Å²) in [4.78, 5) is 11.6. The van der Waals surface area contributed by atoms with Crippen molar-refractivity contribution in [2.45, 2.75) is 52.0 Å². The lowest BCUT2D eigenvalue weighted by Crippen LogP contribution is -2.49. The van der Waals surface area contributed by atoms with E-state index in [-0.39, 0.29) is 11.8 Å². The number of carbonyl (C=O) groups is 1. The topological polar surface area (TPSA) is 41.1 Å². The Labute approximate surface area is 109 Å². The number of amides is 1. The molecule has 2 rings (SSSR count). The highest BCUT2D eigenvalue weighted by Gasteiger charge is 2.31. The number of hydrogen-bond donors (Lipinski definition) is 2. The zero-order chi connectivity index (χ0) is 12.4. The van der Waals surface area contributed by atoms with Gasteiger partial charge in [0.2, 0.25) is 5.91 Å². The summed E-state index contributed by atoms with van der Waals surface area (Å²) in [6.07, 6.45) is 5.75. The Bertz CT molecular complexity index is 315. The molecular formula is C13H22N2OS. The molecule has 0 spiro atoms. The summed E-state index contributed by atoms with van der Waals surface area (Å²) in [6, 6.07) is 0.422. The van der Waals surface area contributed by atoms with Crippen molar-refractivity contribution in [1.29, 1.82) is 0 Å². The van der Waals surface area contributed by atoms with Gasteiger partial charge in [0.05, 0.1) is 0 Å². The quantitative estimate of drug-likeness (QED) is 0.742. The fourth-order valence-corrected chi connectivity index (χ4v) is 2.80. The van der Waals surface area contributed by atoms with Gasteiger partial charge in [-0.3, -0.25) is 4.79 Å².